The van der Waals surface area contributed by atoms with E-state index in [0.717, 1.165) is 30.1 Å². The normalized spacial score (nSPS) is 27.2. The number of oxime groups is 1. The molecule has 16 heavy (non-hydrogen) atoms. The zero-order valence-corrected chi connectivity index (χ0v) is 9.14. The largest absolute Gasteiger partial charge is 0.497 e. The molecule has 2 atom stereocenters. The molecule has 0 saturated carbocycles. The van der Waals surface area contributed by atoms with Crippen molar-refractivity contribution in [3.63, 3.8) is 0 Å². The van der Waals surface area contributed by atoms with E-state index in [1.807, 2.05) is 24.3 Å². The number of benzene rings is 1. The molecule has 1 aromatic carbocycles. The van der Waals surface area contributed by atoms with Crippen molar-refractivity contribution >= 4 is 5.71 Å². The van der Waals surface area contributed by atoms with Gasteiger partial charge in [-0.3, -0.25) is 0 Å². The summed E-state index contributed by atoms with van der Waals surface area (Å²) in [6.45, 7) is 1.85. The van der Waals surface area contributed by atoms with Crippen LogP contribution in [-0.4, -0.2) is 32.0 Å². The lowest BCUT2D eigenvalue weighted by Gasteiger charge is -2.08. The molecule has 0 radical (unpaired) electrons. The highest BCUT2D eigenvalue weighted by atomic mass is 16.6. The van der Waals surface area contributed by atoms with E-state index in [1.165, 1.54) is 0 Å². The second-order valence-electron chi connectivity index (χ2n) is 4.11. The minimum atomic E-state index is 0.220. The first-order valence-electron chi connectivity index (χ1n) is 5.47. The molecule has 84 valence electrons. The van der Waals surface area contributed by atoms with Crippen LogP contribution >= 0.6 is 0 Å². The van der Waals surface area contributed by atoms with Gasteiger partial charge in [0, 0.05) is 18.7 Å². The minimum absolute atomic E-state index is 0.220. The van der Waals surface area contributed by atoms with E-state index in [-0.39, 0.29) is 6.10 Å². The number of nitrogens with zero attached hydrogens (tertiary/aromatic N) is 1. The van der Waals surface area contributed by atoms with Gasteiger partial charge in [0.1, 0.15) is 11.9 Å². The Morgan fingerprint density at radius 3 is 2.88 bits per heavy atom. The van der Waals surface area contributed by atoms with E-state index in [1.54, 1.807) is 7.11 Å². The second-order valence-corrected chi connectivity index (χ2v) is 4.11. The number of methoxy groups -OCH3 is 1. The molecule has 2 heterocycles. The number of hydrogen-bond donors (Lipinski definition) is 1. The summed E-state index contributed by atoms with van der Waals surface area (Å²) in [6.07, 6.45) is 0.220. The van der Waals surface area contributed by atoms with Crippen LogP contribution in [0, 0.1) is 5.92 Å². The molecular weight excluding hydrogens is 204 g/mol. The quantitative estimate of drug-likeness (QED) is 0.805. The molecule has 0 spiro atoms. The first kappa shape index (κ1) is 9.66. The summed E-state index contributed by atoms with van der Waals surface area (Å²) >= 11 is 0. The van der Waals surface area contributed by atoms with Crippen molar-refractivity contribution in [1.82, 2.24) is 5.32 Å². The predicted octanol–water partition coefficient (Wildman–Crippen LogP) is 1.02. The molecule has 2 aliphatic rings. The van der Waals surface area contributed by atoms with Gasteiger partial charge in [0.2, 0.25) is 0 Å². The maximum absolute atomic E-state index is 5.39. The van der Waals surface area contributed by atoms with Crippen molar-refractivity contribution in [2.75, 3.05) is 20.2 Å². The van der Waals surface area contributed by atoms with Crippen molar-refractivity contribution < 1.29 is 9.57 Å². The van der Waals surface area contributed by atoms with E-state index in [0.29, 0.717) is 5.92 Å². The van der Waals surface area contributed by atoms with Crippen LogP contribution in [0.15, 0.2) is 29.4 Å². The fourth-order valence-corrected chi connectivity index (χ4v) is 2.26. The fraction of sp³-hybridized carbons (Fsp3) is 0.417. The van der Waals surface area contributed by atoms with Gasteiger partial charge < -0.3 is 14.9 Å². The lowest BCUT2D eigenvalue weighted by molar-refractivity contribution is 0.0842. The van der Waals surface area contributed by atoms with Gasteiger partial charge in [0.15, 0.2) is 0 Å². The topological polar surface area (TPSA) is 42.9 Å². The van der Waals surface area contributed by atoms with Gasteiger partial charge in [-0.25, -0.2) is 0 Å². The standard InChI is InChI=1S/C12H14N2O2/c1-15-9-4-2-8(3-5-9)12-10-6-13-7-11(10)16-14-12/h2-5,10-11,13H,6-7H2,1H3/t10-,11+/m1/s1. The Hall–Kier alpha value is -1.55. The second kappa shape index (κ2) is 3.79. The van der Waals surface area contributed by atoms with Crippen molar-refractivity contribution in [2.45, 2.75) is 6.10 Å². The van der Waals surface area contributed by atoms with Crippen molar-refractivity contribution in [3.05, 3.63) is 29.8 Å². The molecule has 4 nitrogen and oxygen atoms in total. The molecule has 0 unspecified atom stereocenters. The molecule has 1 fully saturated rings. The molecule has 2 aliphatic heterocycles. The third-order valence-electron chi connectivity index (χ3n) is 3.18. The first-order valence-corrected chi connectivity index (χ1v) is 5.47. The zero-order valence-electron chi connectivity index (χ0n) is 9.14. The molecule has 0 aliphatic carbocycles. The molecule has 4 heteroatoms. The van der Waals surface area contributed by atoms with E-state index < -0.39 is 0 Å². The minimum Gasteiger partial charge on any atom is -0.497 e. The Bertz CT molecular complexity index is 414. The van der Waals surface area contributed by atoms with Gasteiger partial charge >= 0.3 is 0 Å². The van der Waals surface area contributed by atoms with Gasteiger partial charge in [0.25, 0.3) is 0 Å². The zero-order chi connectivity index (χ0) is 11.0. The van der Waals surface area contributed by atoms with Gasteiger partial charge in [-0.2, -0.15) is 0 Å². The van der Waals surface area contributed by atoms with E-state index in [4.69, 9.17) is 9.57 Å². The number of rotatable bonds is 2. The lowest BCUT2D eigenvalue weighted by atomic mass is 9.95. The van der Waals surface area contributed by atoms with E-state index in [9.17, 15) is 0 Å². The molecule has 3 rings (SSSR count). The Morgan fingerprint density at radius 1 is 1.31 bits per heavy atom. The summed E-state index contributed by atoms with van der Waals surface area (Å²) in [6, 6.07) is 7.96. The average molecular weight is 218 g/mol. The summed E-state index contributed by atoms with van der Waals surface area (Å²) in [5.41, 5.74) is 2.18. The molecule has 1 saturated heterocycles. The first-order chi connectivity index (χ1) is 7.88. The van der Waals surface area contributed by atoms with Crippen LogP contribution < -0.4 is 10.1 Å². The summed E-state index contributed by atoms with van der Waals surface area (Å²) in [4.78, 5) is 5.39. The number of hydrogen-bond acceptors (Lipinski definition) is 4. The predicted molar refractivity (Wildman–Crippen MR) is 60.8 cm³/mol. The van der Waals surface area contributed by atoms with E-state index >= 15 is 0 Å². The highest BCUT2D eigenvalue weighted by Gasteiger charge is 2.38. The van der Waals surface area contributed by atoms with Crippen LogP contribution in [0.5, 0.6) is 5.75 Å². The van der Waals surface area contributed by atoms with Crippen molar-refractivity contribution in [2.24, 2.45) is 11.1 Å². The Balaban J connectivity index is 1.86. The van der Waals surface area contributed by atoms with Crippen LogP contribution in [0.25, 0.3) is 0 Å². The van der Waals surface area contributed by atoms with Crippen LogP contribution in [0.2, 0.25) is 0 Å². The summed E-state index contributed by atoms with van der Waals surface area (Å²) in [5, 5.41) is 7.50. The highest BCUT2D eigenvalue weighted by Crippen LogP contribution is 2.26. The Labute approximate surface area is 94.2 Å². The number of nitrogens with one attached hydrogen (secondary N) is 1. The molecule has 0 bridgehead atoms. The van der Waals surface area contributed by atoms with Crippen molar-refractivity contribution in [3.8, 4) is 5.75 Å². The third kappa shape index (κ3) is 1.46. The van der Waals surface area contributed by atoms with Crippen LogP contribution in [0.3, 0.4) is 0 Å². The van der Waals surface area contributed by atoms with Gasteiger partial charge in [0.05, 0.1) is 18.7 Å². The third-order valence-corrected chi connectivity index (χ3v) is 3.18. The molecular formula is C12H14N2O2. The lowest BCUT2D eigenvalue weighted by Crippen LogP contribution is -2.21. The maximum Gasteiger partial charge on any atom is 0.149 e. The van der Waals surface area contributed by atoms with Crippen LogP contribution in [0.4, 0.5) is 0 Å². The van der Waals surface area contributed by atoms with Gasteiger partial charge in [-0.1, -0.05) is 5.16 Å². The van der Waals surface area contributed by atoms with Gasteiger partial charge in [-0.05, 0) is 24.3 Å². The monoisotopic (exact) mass is 218 g/mol. The SMILES string of the molecule is COc1ccc(C2=NO[C@H]3CNC[C@@H]23)cc1. The average Bonchev–Trinajstić information content (AvgIpc) is 2.91. The fourth-order valence-electron chi connectivity index (χ4n) is 2.26. The molecule has 1 N–H and O–H groups in total. The smallest absolute Gasteiger partial charge is 0.149 e. The van der Waals surface area contributed by atoms with Crippen LogP contribution in [-0.2, 0) is 4.84 Å². The summed E-state index contributed by atoms with van der Waals surface area (Å²) in [5.74, 6) is 1.26. The Kier molecular flexibility index (Phi) is 2.29. The molecule has 0 amide bonds. The number of fused-ring (bicyclic) bond motifs is 1. The van der Waals surface area contributed by atoms with Crippen molar-refractivity contribution in [1.29, 1.82) is 0 Å². The van der Waals surface area contributed by atoms with E-state index in [2.05, 4.69) is 10.5 Å². The summed E-state index contributed by atoms with van der Waals surface area (Å²) < 4.78 is 5.13. The summed E-state index contributed by atoms with van der Waals surface area (Å²) in [7, 11) is 1.67. The maximum atomic E-state index is 5.39. The van der Waals surface area contributed by atoms with Gasteiger partial charge in [-0.15, -0.1) is 0 Å². The Morgan fingerprint density at radius 2 is 2.12 bits per heavy atom. The highest BCUT2D eigenvalue weighted by molar-refractivity contribution is 6.03. The van der Waals surface area contributed by atoms with Crippen LogP contribution in [0.1, 0.15) is 5.56 Å². The molecule has 1 aromatic rings. The number of ether oxygens (including phenoxy) is 1. The molecule has 0 aromatic heterocycles.